The van der Waals surface area contributed by atoms with E-state index in [0.717, 1.165) is 67.9 Å². The number of fused-ring (bicyclic) bond motifs is 4. The van der Waals surface area contributed by atoms with Crippen molar-refractivity contribution >= 4 is 68.9 Å². The molecule has 6 aromatic rings. The molecule has 0 spiro atoms. The maximum Gasteiger partial charge on any atom is 0.435 e. The van der Waals surface area contributed by atoms with Gasteiger partial charge in [-0.3, -0.25) is 48.0 Å². The van der Waals surface area contributed by atoms with Crippen molar-refractivity contribution in [3.05, 3.63) is 77.4 Å². The van der Waals surface area contributed by atoms with Crippen molar-refractivity contribution in [1.29, 1.82) is 0 Å². The number of aromatic amines is 1. The minimum Gasteiger partial charge on any atom is -0.468 e. The van der Waals surface area contributed by atoms with E-state index < -0.39 is 89.6 Å². The first-order chi connectivity index (χ1) is 40.1. The van der Waals surface area contributed by atoms with Gasteiger partial charge in [-0.15, -0.1) is 0 Å². The van der Waals surface area contributed by atoms with Crippen molar-refractivity contribution in [3.63, 3.8) is 0 Å². The van der Waals surface area contributed by atoms with Crippen LogP contribution in [0, 0.1) is 29.0 Å². The molecule has 2 aromatic carbocycles. The first-order valence-corrected chi connectivity index (χ1v) is 28.1. The number of alkyl halides is 5. The second kappa shape index (κ2) is 22.8. The Bertz CT molecular complexity index is 3570. The standard InChI is InChI=1S/C56H62F6N14O8/c1-54-23-40-38(22-43(54)55(54,58)59)50(69-68-40)52(82)67-34-25-65-74(29-34)35-12-18-73(19-13-35)53(83)32-10-14-71(15-11-32)28-31-8-16-72(17-9-31)46(79)6-7-47(80)76-42-21-37(39(57)20-33(42)24-66-76)36-4-3-5-41-49(36)51(56(60,61)62)70-75(41)30-45(78)63-26-44(77)64-27-48(81)84-2/h3-5,20-21,24-25,29,31-32,35,43H,6-19,22-23,26-28,30H2,1-2H3,(H,63,78)(H,64,77)(H,67,82)(H,68,69)/t43-,54+/m1/s1. The summed E-state index contributed by atoms with van der Waals surface area (Å²) in [4.78, 5) is 96.2. The van der Waals surface area contributed by atoms with Gasteiger partial charge < -0.3 is 35.4 Å². The summed E-state index contributed by atoms with van der Waals surface area (Å²) in [5, 5.41) is 26.2. The Kier molecular flexibility index (Phi) is 15.6. The average Bonchev–Trinajstić information content (AvgIpc) is 1.68. The number of H-pyrrole nitrogens is 1. The van der Waals surface area contributed by atoms with Crippen molar-refractivity contribution in [2.24, 2.45) is 23.2 Å². The Balaban J connectivity index is 0.619. The largest absolute Gasteiger partial charge is 0.468 e. The van der Waals surface area contributed by atoms with Crippen LogP contribution in [0.5, 0.6) is 0 Å². The molecule has 3 aliphatic heterocycles. The minimum atomic E-state index is -5.06. The fourth-order valence-corrected chi connectivity index (χ4v) is 12.7. The number of hydrogen-bond donors (Lipinski definition) is 4. The van der Waals surface area contributed by atoms with E-state index in [4.69, 9.17) is 0 Å². The number of methoxy groups -OCH3 is 1. The third-order valence-corrected chi connectivity index (χ3v) is 17.6. The number of ether oxygens (including phenoxy) is 1. The molecule has 28 heteroatoms. The number of likely N-dealkylation sites (tertiary alicyclic amines) is 3. The lowest BCUT2D eigenvalue weighted by molar-refractivity contribution is -0.141. The molecule has 4 aromatic heterocycles. The molecule has 446 valence electrons. The molecule has 7 heterocycles. The smallest absolute Gasteiger partial charge is 0.435 e. The van der Waals surface area contributed by atoms with Gasteiger partial charge in [0.05, 0.1) is 48.8 Å². The molecule has 22 nitrogen and oxygen atoms in total. The maximum absolute atomic E-state index is 15.9. The second-order valence-electron chi connectivity index (χ2n) is 22.8. The number of benzene rings is 2. The van der Waals surface area contributed by atoms with Gasteiger partial charge >= 0.3 is 12.1 Å². The van der Waals surface area contributed by atoms with Gasteiger partial charge in [0.1, 0.15) is 18.9 Å². The summed E-state index contributed by atoms with van der Waals surface area (Å²) in [6.07, 6.45) is 3.75. The highest BCUT2D eigenvalue weighted by atomic mass is 19.4. The van der Waals surface area contributed by atoms with Gasteiger partial charge in [-0.05, 0) is 87.7 Å². The number of piperidine rings is 3. The lowest BCUT2D eigenvalue weighted by Crippen LogP contribution is -2.47. The Morgan fingerprint density at radius 2 is 1.54 bits per heavy atom. The van der Waals surface area contributed by atoms with Gasteiger partial charge in [0.2, 0.25) is 29.5 Å². The monoisotopic (exact) mass is 1170 g/mol. The molecule has 4 N–H and O–H groups in total. The second-order valence-corrected chi connectivity index (χ2v) is 22.8. The molecule has 3 saturated heterocycles. The quantitative estimate of drug-likeness (QED) is 0.0701. The summed E-state index contributed by atoms with van der Waals surface area (Å²) in [6, 6.07) is 6.17. The fraction of sp³-hybridized carbons (Fsp3) is 0.518. The van der Waals surface area contributed by atoms with Crippen molar-refractivity contribution in [2.75, 3.05) is 71.3 Å². The van der Waals surface area contributed by atoms with Crippen LogP contribution in [0.4, 0.5) is 32.0 Å². The summed E-state index contributed by atoms with van der Waals surface area (Å²) < 4.78 is 96.6. The topological polar surface area (TPSA) is 257 Å². The predicted octanol–water partition coefficient (Wildman–Crippen LogP) is 5.39. The zero-order chi connectivity index (χ0) is 59.4. The Labute approximate surface area is 475 Å². The number of rotatable bonds is 16. The number of aromatic nitrogens is 8. The van der Waals surface area contributed by atoms with Crippen molar-refractivity contribution in [1.82, 2.24) is 64.9 Å². The van der Waals surface area contributed by atoms with E-state index in [1.54, 1.807) is 28.9 Å². The lowest BCUT2D eigenvalue weighted by atomic mass is 9.87. The summed E-state index contributed by atoms with van der Waals surface area (Å²) in [6.45, 7) is 4.32. The number of nitrogens with one attached hydrogen (secondary N) is 4. The normalized spacial score (nSPS) is 20.4. The molecule has 11 rings (SSSR count). The van der Waals surface area contributed by atoms with E-state index in [2.05, 4.69) is 51.1 Å². The Morgan fingerprint density at radius 1 is 0.821 bits per heavy atom. The average molecular weight is 1170 g/mol. The van der Waals surface area contributed by atoms with Crippen molar-refractivity contribution in [3.8, 4) is 11.1 Å². The highest BCUT2D eigenvalue weighted by Crippen LogP contribution is 2.70. The van der Waals surface area contributed by atoms with E-state index in [0.29, 0.717) is 61.9 Å². The Hall–Kier alpha value is -8.17. The summed E-state index contributed by atoms with van der Waals surface area (Å²) in [5.41, 5.74) is -1.41. The molecule has 0 bridgehead atoms. The number of carbonyl (C=O) groups excluding carboxylic acids is 7. The highest BCUT2D eigenvalue weighted by Gasteiger charge is 2.78. The number of anilines is 1. The number of carbonyl (C=O) groups is 7. The van der Waals surface area contributed by atoms with Crippen LogP contribution in [0.2, 0.25) is 0 Å². The van der Waals surface area contributed by atoms with Gasteiger partial charge in [0.15, 0.2) is 11.4 Å². The zero-order valence-electron chi connectivity index (χ0n) is 46.1. The SMILES string of the molecule is COC(=O)CNC(=O)CNC(=O)Cn1nc(C(F)(F)F)c2c(-c3cc4c(cnn4C(=O)CCC(=O)N4CCC(CN5CCC(C(=O)N6CCC(n7cc(NC(=O)c8n[nH]c9c8C[C@H]8C(F)(F)[C@@]8(C)C9)cn7)CC6)CC5)CC4)cc3F)cccc21. The lowest BCUT2D eigenvalue weighted by Gasteiger charge is -2.39. The molecule has 84 heavy (non-hydrogen) atoms. The predicted molar refractivity (Wildman–Crippen MR) is 287 cm³/mol. The van der Waals surface area contributed by atoms with E-state index in [9.17, 15) is 55.5 Å². The van der Waals surface area contributed by atoms with E-state index in [-0.39, 0.29) is 82.7 Å². The molecule has 4 fully saturated rings. The van der Waals surface area contributed by atoms with Gasteiger partial charge in [-0.25, -0.2) is 17.9 Å². The first-order valence-electron chi connectivity index (χ1n) is 28.1. The minimum absolute atomic E-state index is 0.0288. The van der Waals surface area contributed by atoms with Crippen LogP contribution in [0.25, 0.3) is 32.9 Å². The third kappa shape index (κ3) is 11.3. The highest BCUT2D eigenvalue weighted by molar-refractivity contribution is 6.04. The first kappa shape index (κ1) is 57.6. The van der Waals surface area contributed by atoms with Gasteiger partial charge in [-0.2, -0.15) is 33.6 Å². The number of esters is 1. The van der Waals surface area contributed by atoms with E-state index >= 15 is 4.39 Å². The third-order valence-electron chi connectivity index (χ3n) is 17.6. The molecular weight excluding hydrogens is 1110 g/mol. The molecule has 1 saturated carbocycles. The van der Waals surface area contributed by atoms with E-state index in [1.807, 2.05) is 4.90 Å². The molecule has 5 aliphatic rings. The molecule has 2 aliphatic carbocycles. The number of nitrogens with zero attached hydrogens (tertiary/aromatic N) is 10. The zero-order valence-corrected chi connectivity index (χ0v) is 46.1. The number of halogens is 6. The summed E-state index contributed by atoms with van der Waals surface area (Å²) in [7, 11) is 1.12. The molecule has 2 atom stereocenters. The van der Waals surface area contributed by atoms with Gasteiger partial charge in [0, 0.05) is 103 Å². The summed E-state index contributed by atoms with van der Waals surface area (Å²) in [5.74, 6) is -7.75. The van der Waals surface area contributed by atoms with Crippen LogP contribution in [0.15, 0.2) is 48.9 Å². The van der Waals surface area contributed by atoms with Crippen molar-refractivity contribution < 1.29 is 64.6 Å². The van der Waals surface area contributed by atoms with Crippen LogP contribution in [0.1, 0.15) is 96.6 Å². The van der Waals surface area contributed by atoms with Crippen LogP contribution >= 0.6 is 0 Å². The Morgan fingerprint density at radius 3 is 2.26 bits per heavy atom. The molecule has 5 amide bonds. The maximum atomic E-state index is 15.9. The molecular formula is C56H62F6N14O8. The van der Waals surface area contributed by atoms with Crippen molar-refractivity contribution in [2.45, 2.75) is 95.8 Å². The number of hydrogen-bond acceptors (Lipinski definition) is 13. The van der Waals surface area contributed by atoms with E-state index in [1.165, 1.54) is 30.5 Å². The summed E-state index contributed by atoms with van der Waals surface area (Å²) >= 11 is 0. The fourth-order valence-electron chi connectivity index (χ4n) is 12.7. The van der Waals surface area contributed by atoms with Crippen LogP contribution < -0.4 is 16.0 Å². The van der Waals surface area contributed by atoms with Crippen LogP contribution in [0.3, 0.4) is 0 Å². The van der Waals surface area contributed by atoms with Gasteiger partial charge in [-0.1, -0.05) is 19.1 Å². The van der Waals surface area contributed by atoms with Crippen LogP contribution in [-0.2, 0) is 54.3 Å². The van der Waals surface area contributed by atoms with Crippen LogP contribution in [-0.4, -0.2) is 168 Å². The number of amides is 5. The molecule has 0 radical (unpaired) electrons. The van der Waals surface area contributed by atoms with Gasteiger partial charge in [0.25, 0.3) is 11.8 Å². The molecule has 0 unspecified atom stereocenters.